The molecule has 0 aromatic heterocycles. The number of phenols is 2. The summed E-state index contributed by atoms with van der Waals surface area (Å²) >= 11 is 0. The van der Waals surface area contributed by atoms with Crippen LogP contribution in [0.3, 0.4) is 0 Å². The molecule has 4 aromatic rings. The number of hydrogen-bond acceptors (Lipinski definition) is 13. The number of hydrogen-bond donors (Lipinski definition) is 5. The van der Waals surface area contributed by atoms with Crippen molar-refractivity contribution in [1.29, 1.82) is 0 Å². The molecule has 362 valence electrons. The second-order valence-electron chi connectivity index (χ2n) is 18.1. The number of fused-ring (bicyclic) bond motifs is 14. The first-order chi connectivity index (χ1) is 32.1. The molecule has 9 atom stereocenters. The van der Waals surface area contributed by atoms with Crippen molar-refractivity contribution in [3.8, 4) is 23.0 Å². The molecule has 0 fully saturated rings. The standard InChI is InChI=1S/C53H62N2O13/c1-27-15-19-36(20-16-27)55(37-21-17-28(2)18-22-37)41(57)26-65-40-25-38-48(61)43-42(40)44-50(34(8)47(43)60)68-53(10,51(44)62)66-24-23-39(64-11)31(5)49(67-35(9)56)33(7)46(59)32(6)45(58)29(3)13-12-14-30(4)52(63)54-38/h12-25,29,31-33,39,45-46,49,58-61H,26H2,1-11H3,(H,54,63)/b13-12+,24-23+,30-14-/t29-,31+,32+,33+,39-,45-,46+,49+,53-/m0/s1. The van der Waals surface area contributed by atoms with Crippen LogP contribution in [0.25, 0.3) is 10.8 Å². The molecule has 5 N–H and O–H groups in total. The lowest BCUT2D eigenvalue weighted by molar-refractivity contribution is -0.160. The Bertz CT molecular complexity index is 2610. The van der Waals surface area contributed by atoms with Crippen LogP contribution in [0.5, 0.6) is 23.0 Å². The number of anilines is 3. The van der Waals surface area contributed by atoms with Crippen molar-refractivity contribution in [2.75, 3.05) is 23.9 Å². The Morgan fingerprint density at radius 3 is 2.00 bits per heavy atom. The van der Waals surface area contributed by atoms with Gasteiger partial charge in [-0.15, -0.1) is 0 Å². The molecule has 15 nitrogen and oxygen atoms in total. The first-order valence-electron chi connectivity index (χ1n) is 22.5. The van der Waals surface area contributed by atoms with Crippen LogP contribution >= 0.6 is 0 Å². The summed E-state index contributed by atoms with van der Waals surface area (Å²) in [6.07, 6.45) is 3.52. The number of aromatic hydroxyl groups is 2. The molecule has 5 bridgehead atoms. The normalized spacial score (nSPS) is 27.3. The molecule has 0 radical (unpaired) electrons. The SMILES string of the molecule is CO[C@H]1/C=C/O[C@@]2(C)Oc3c(C)c(O)c4c(O)c(cc(OCC(=O)N(c5ccc(C)cc5)c5ccc(C)cc5)c4c3C2=O)NC(=O)/C(C)=C\C=C\[C@H](C)[C@H](O)[C@@H](C)[C@@H](O)[C@@H](C)[C@H](OC(C)=O)[C@@H]1C. The fraction of sp³-hybridized carbons (Fsp3) is 0.396. The molecule has 3 heterocycles. The number of Topliss-reactive ketones (excluding diaryl/α,β-unsaturated/α-hetero) is 1. The van der Waals surface area contributed by atoms with Gasteiger partial charge >= 0.3 is 11.8 Å². The van der Waals surface area contributed by atoms with Gasteiger partial charge in [0.2, 0.25) is 0 Å². The number of carbonyl (C=O) groups excluding carboxylic acids is 4. The molecular weight excluding hydrogens is 873 g/mol. The maximum absolute atomic E-state index is 14.8. The van der Waals surface area contributed by atoms with Crippen molar-refractivity contribution in [2.45, 2.75) is 99.4 Å². The maximum atomic E-state index is 14.8. The molecule has 7 rings (SSSR count). The Labute approximate surface area is 396 Å². The highest BCUT2D eigenvalue weighted by atomic mass is 16.7. The summed E-state index contributed by atoms with van der Waals surface area (Å²) in [5, 5.41) is 49.1. The highest BCUT2D eigenvalue weighted by molar-refractivity contribution is 6.21. The molecular formula is C53H62N2O13. The van der Waals surface area contributed by atoms with E-state index in [1.54, 1.807) is 64.1 Å². The van der Waals surface area contributed by atoms with Crippen LogP contribution in [-0.4, -0.2) is 87.9 Å². The number of allylic oxidation sites excluding steroid dienone is 2. The predicted octanol–water partition coefficient (Wildman–Crippen LogP) is 8.41. The predicted molar refractivity (Wildman–Crippen MR) is 257 cm³/mol. The smallest absolute Gasteiger partial charge is 0.312 e. The summed E-state index contributed by atoms with van der Waals surface area (Å²) in [5.74, 6) is -8.47. The van der Waals surface area contributed by atoms with Crippen LogP contribution in [-0.2, 0) is 28.6 Å². The fourth-order valence-electron chi connectivity index (χ4n) is 8.78. The molecule has 68 heavy (non-hydrogen) atoms. The lowest BCUT2D eigenvalue weighted by Gasteiger charge is -2.38. The Balaban J connectivity index is 1.50. The van der Waals surface area contributed by atoms with Gasteiger partial charge in [-0.1, -0.05) is 81.3 Å². The van der Waals surface area contributed by atoms with Gasteiger partial charge in [0.05, 0.1) is 41.2 Å². The molecule has 0 unspecified atom stereocenters. The maximum Gasteiger partial charge on any atom is 0.312 e. The topological polar surface area (TPSA) is 211 Å². The van der Waals surface area contributed by atoms with E-state index in [2.05, 4.69) is 5.32 Å². The van der Waals surface area contributed by atoms with Crippen LogP contribution < -0.4 is 19.7 Å². The minimum atomic E-state index is -2.07. The number of amides is 2. The van der Waals surface area contributed by atoms with E-state index < -0.39 is 95.5 Å². The number of aliphatic hydroxyl groups excluding tert-OH is 2. The van der Waals surface area contributed by atoms with E-state index in [1.165, 1.54) is 64.2 Å². The number of rotatable bonds is 7. The average molecular weight is 935 g/mol. The van der Waals surface area contributed by atoms with Crippen molar-refractivity contribution in [3.05, 3.63) is 113 Å². The van der Waals surface area contributed by atoms with Gasteiger partial charge in [0.1, 0.15) is 23.4 Å². The molecule has 0 aliphatic carbocycles. The zero-order valence-electron chi connectivity index (χ0n) is 40.3. The first-order valence-corrected chi connectivity index (χ1v) is 22.5. The van der Waals surface area contributed by atoms with E-state index >= 15 is 0 Å². The first kappa shape index (κ1) is 50.7. The number of benzene rings is 4. The van der Waals surface area contributed by atoms with Crippen LogP contribution in [0, 0.1) is 44.4 Å². The number of methoxy groups -OCH3 is 1. The van der Waals surface area contributed by atoms with Gasteiger partial charge in [-0.2, -0.15) is 0 Å². The number of nitrogens with zero attached hydrogens (tertiary/aromatic N) is 1. The number of nitrogens with one attached hydrogen (secondary N) is 1. The number of ether oxygens (including phenoxy) is 5. The Morgan fingerprint density at radius 2 is 1.43 bits per heavy atom. The number of esters is 1. The van der Waals surface area contributed by atoms with Crippen molar-refractivity contribution >= 4 is 51.4 Å². The fourth-order valence-corrected chi connectivity index (χ4v) is 8.78. The van der Waals surface area contributed by atoms with E-state index in [-0.39, 0.29) is 44.7 Å². The van der Waals surface area contributed by atoms with Gasteiger partial charge in [-0.3, -0.25) is 24.1 Å². The third-order valence-corrected chi connectivity index (χ3v) is 13.0. The summed E-state index contributed by atoms with van der Waals surface area (Å²) in [5.41, 5.74) is 2.96. The molecule has 3 aliphatic rings. The Morgan fingerprint density at radius 1 is 0.824 bits per heavy atom. The second kappa shape index (κ2) is 20.7. The van der Waals surface area contributed by atoms with Gasteiger partial charge in [0, 0.05) is 78.6 Å². The minimum Gasteiger partial charge on any atom is -0.507 e. The van der Waals surface area contributed by atoms with E-state index in [0.717, 1.165) is 11.1 Å². The number of aliphatic hydroxyl groups is 2. The summed E-state index contributed by atoms with van der Waals surface area (Å²) < 4.78 is 30.2. The zero-order chi connectivity index (χ0) is 49.9. The van der Waals surface area contributed by atoms with Crippen molar-refractivity contribution in [2.24, 2.45) is 23.7 Å². The summed E-state index contributed by atoms with van der Waals surface area (Å²) in [6, 6.07) is 16.0. The molecule has 4 aromatic carbocycles. The van der Waals surface area contributed by atoms with E-state index in [1.807, 2.05) is 38.1 Å². The minimum absolute atomic E-state index is 0.0558. The quantitative estimate of drug-likeness (QED) is 0.0872. The lowest BCUT2D eigenvalue weighted by atomic mass is 9.78. The number of aryl methyl sites for hydroxylation is 2. The summed E-state index contributed by atoms with van der Waals surface area (Å²) in [7, 11) is 1.44. The largest absolute Gasteiger partial charge is 0.507 e. The third-order valence-electron chi connectivity index (χ3n) is 13.0. The van der Waals surface area contributed by atoms with Gasteiger partial charge in [-0.25, -0.2) is 0 Å². The van der Waals surface area contributed by atoms with E-state index in [0.29, 0.717) is 11.4 Å². The van der Waals surface area contributed by atoms with Gasteiger partial charge in [-0.05, 0) is 58.0 Å². The van der Waals surface area contributed by atoms with Crippen LogP contribution in [0.2, 0.25) is 0 Å². The van der Waals surface area contributed by atoms with E-state index in [4.69, 9.17) is 23.7 Å². The highest BCUT2D eigenvalue weighted by Crippen LogP contribution is 2.54. The molecule has 0 spiro atoms. The number of carbonyl (C=O) groups is 4. The molecule has 0 saturated carbocycles. The monoisotopic (exact) mass is 934 g/mol. The summed E-state index contributed by atoms with van der Waals surface area (Å²) in [6.45, 7) is 15.8. The number of phenolic OH excluding ortho intramolecular Hbond substituents is 2. The van der Waals surface area contributed by atoms with Crippen molar-refractivity contribution in [3.63, 3.8) is 0 Å². The Kier molecular flexibility index (Phi) is 15.4. The van der Waals surface area contributed by atoms with Crippen LogP contribution in [0.15, 0.2) is 90.7 Å². The highest BCUT2D eigenvalue weighted by Gasteiger charge is 2.50. The summed E-state index contributed by atoms with van der Waals surface area (Å²) in [4.78, 5) is 56.9. The number of ketones is 1. The molecule has 15 heteroatoms. The molecule has 3 aliphatic heterocycles. The zero-order valence-corrected chi connectivity index (χ0v) is 40.3. The van der Waals surface area contributed by atoms with Crippen LogP contribution in [0.1, 0.15) is 75.5 Å². The second-order valence-corrected chi connectivity index (χ2v) is 18.1. The third kappa shape index (κ3) is 10.2. The van der Waals surface area contributed by atoms with Gasteiger partial charge in [0.15, 0.2) is 12.4 Å². The van der Waals surface area contributed by atoms with Gasteiger partial charge < -0.3 is 49.4 Å². The average Bonchev–Trinajstić information content (AvgIpc) is 3.57. The Hall–Kier alpha value is -6.68. The molecule has 2 amide bonds. The van der Waals surface area contributed by atoms with Crippen molar-refractivity contribution in [1.82, 2.24) is 0 Å². The van der Waals surface area contributed by atoms with E-state index in [9.17, 15) is 39.6 Å². The van der Waals surface area contributed by atoms with Crippen LogP contribution in [0.4, 0.5) is 17.1 Å². The lowest BCUT2D eigenvalue weighted by Crippen LogP contribution is -2.46. The van der Waals surface area contributed by atoms with Crippen molar-refractivity contribution < 1.29 is 63.3 Å². The van der Waals surface area contributed by atoms with Gasteiger partial charge in [0.25, 0.3) is 17.6 Å². The molecule has 0 saturated heterocycles.